The van der Waals surface area contributed by atoms with Gasteiger partial charge >= 0.3 is 5.97 Å². The number of hydrogen-bond donors (Lipinski definition) is 1. The minimum absolute atomic E-state index is 0.166. The van der Waals surface area contributed by atoms with Gasteiger partial charge in [-0.1, -0.05) is 0 Å². The molecule has 0 spiro atoms. The van der Waals surface area contributed by atoms with E-state index < -0.39 is 34.3 Å². The normalized spacial score (nSPS) is 11.0. The zero-order valence-corrected chi connectivity index (χ0v) is 21.0. The molecular weight excluding hydrogens is 487 g/mol. The number of rotatable bonds is 10. The first-order chi connectivity index (χ1) is 17.1. The number of ether oxygens (including phenoxy) is 2. The molecule has 0 aliphatic rings. The Morgan fingerprint density at radius 1 is 0.944 bits per heavy atom. The zero-order valence-electron chi connectivity index (χ0n) is 20.2. The van der Waals surface area contributed by atoms with Crippen LogP contribution in [0.2, 0.25) is 0 Å². The van der Waals surface area contributed by atoms with Gasteiger partial charge in [0.1, 0.15) is 18.1 Å². The van der Waals surface area contributed by atoms with E-state index >= 15 is 0 Å². The van der Waals surface area contributed by atoms with Gasteiger partial charge in [-0.15, -0.1) is 0 Å². The van der Waals surface area contributed by atoms with E-state index in [9.17, 15) is 22.4 Å². The van der Waals surface area contributed by atoms with Crippen LogP contribution in [0.5, 0.6) is 5.75 Å². The summed E-state index contributed by atoms with van der Waals surface area (Å²) in [6.07, 6.45) is 0. The minimum atomic E-state index is -4.21. The van der Waals surface area contributed by atoms with E-state index in [1.54, 1.807) is 38.1 Å². The molecule has 190 valence electrons. The second-order valence-corrected chi connectivity index (χ2v) is 9.55. The monoisotopic (exact) mass is 514 g/mol. The van der Waals surface area contributed by atoms with Crippen molar-refractivity contribution in [1.82, 2.24) is 0 Å². The molecule has 0 radical (unpaired) electrons. The number of nitrogens with zero attached hydrogens (tertiary/aromatic N) is 1. The van der Waals surface area contributed by atoms with Crippen molar-refractivity contribution in [1.29, 1.82) is 0 Å². The molecule has 0 aliphatic carbocycles. The maximum Gasteiger partial charge on any atom is 0.338 e. The highest BCUT2D eigenvalue weighted by Gasteiger charge is 2.27. The third kappa shape index (κ3) is 6.39. The summed E-state index contributed by atoms with van der Waals surface area (Å²) in [4.78, 5) is 24.8. The second-order valence-electron chi connectivity index (χ2n) is 7.69. The number of benzene rings is 3. The third-order valence-corrected chi connectivity index (χ3v) is 6.92. The predicted molar refractivity (Wildman–Crippen MR) is 134 cm³/mol. The Morgan fingerprint density at radius 3 is 2.19 bits per heavy atom. The van der Waals surface area contributed by atoms with Gasteiger partial charge in [0.05, 0.1) is 29.4 Å². The molecule has 0 aliphatic heterocycles. The van der Waals surface area contributed by atoms with Crippen LogP contribution in [0.25, 0.3) is 0 Å². The van der Waals surface area contributed by atoms with Gasteiger partial charge in [-0.05, 0) is 93.1 Å². The fourth-order valence-corrected chi connectivity index (χ4v) is 4.81. The first-order valence-electron chi connectivity index (χ1n) is 11.2. The molecule has 1 amide bonds. The summed E-state index contributed by atoms with van der Waals surface area (Å²) in [6, 6.07) is 15.3. The van der Waals surface area contributed by atoms with Crippen LogP contribution in [0.1, 0.15) is 29.8 Å². The SMILES string of the molecule is CCOC(=O)c1ccc(NC(=O)CN(c2ccc(OCC)cc2)S(=O)(=O)c2ccc(F)cc2)c(C)c1. The summed E-state index contributed by atoms with van der Waals surface area (Å²) < 4.78 is 51.6. The maximum absolute atomic E-state index is 13.4. The number of carbonyl (C=O) groups excluding carboxylic acids is 2. The van der Waals surface area contributed by atoms with Crippen molar-refractivity contribution in [2.75, 3.05) is 29.4 Å². The molecule has 3 aromatic rings. The molecule has 1 N–H and O–H groups in total. The van der Waals surface area contributed by atoms with Crippen LogP contribution in [0.3, 0.4) is 0 Å². The van der Waals surface area contributed by atoms with E-state index in [-0.39, 0.29) is 17.2 Å². The Balaban J connectivity index is 1.89. The number of sulfonamides is 1. The number of nitrogens with one attached hydrogen (secondary N) is 1. The molecule has 0 saturated heterocycles. The average molecular weight is 515 g/mol. The number of carbonyl (C=O) groups is 2. The highest BCUT2D eigenvalue weighted by atomic mass is 32.2. The molecular formula is C26H27FN2O6S. The van der Waals surface area contributed by atoms with Crippen LogP contribution in [-0.4, -0.2) is 40.1 Å². The number of halogens is 1. The Bertz CT molecular complexity index is 1330. The van der Waals surface area contributed by atoms with Crippen LogP contribution in [0.15, 0.2) is 71.6 Å². The molecule has 8 nitrogen and oxygen atoms in total. The molecule has 0 bridgehead atoms. The summed E-state index contributed by atoms with van der Waals surface area (Å²) in [5, 5.41) is 2.69. The van der Waals surface area contributed by atoms with Crippen molar-refractivity contribution in [2.45, 2.75) is 25.7 Å². The topological polar surface area (TPSA) is 102 Å². The summed E-state index contributed by atoms with van der Waals surface area (Å²) >= 11 is 0. The van der Waals surface area contributed by atoms with E-state index in [0.29, 0.717) is 29.2 Å². The Labute approximate surface area is 209 Å². The lowest BCUT2D eigenvalue weighted by molar-refractivity contribution is -0.114. The number of hydrogen-bond acceptors (Lipinski definition) is 6. The lowest BCUT2D eigenvalue weighted by atomic mass is 10.1. The molecule has 0 atom stereocenters. The van der Waals surface area contributed by atoms with Crippen LogP contribution in [-0.2, 0) is 19.6 Å². The van der Waals surface area contributed by atoms with Gasteiger partial charge in [-0.3, -0.25) is 9.10 Å². The van der Waals surface area contributed by atoms with Gasteiger partial charge in [0.25, 0.3) is 10.0 Å². The Morgan fingerprint density at radius 2 is 1.61 bits per heavy atom. The van der Waals surface area contributed by atoms with Crippen LogP contribution < -0.4 is 14.4 Å². The first-order valence-corrected chi connectivity index (χ1v) is 12.7. The van der Waals surface area contributed by atoms with Gasteiger partial charge < -0.3 is 14.8 Å². The van der Waals surface area contributed by atoms with Gasteiger partial charge in [-0.25, -0.2) is 17.6 Å². The van der Waals surface area contributed by atoms with Gasteiger partial charge in [0.2, 0.25) is 5.91 Å². The van der Waals surface area contributed by atoms with Crippen molar-refractivity contribution in [3.05, 3.63) is 83.7 Å². The molecule has 36 heavy (non-hydrogen) atoms. The lowest BCUT2D eigenvalue weighted by Crippen LogP contribution is -2.38. The molecule has 3 rings (SSSR count). The minimum Gasteiger partial charge on any atom is -0.494 e. The van der Waals surface area contributed by atoms with Gasteiger partial charge in [0.15, 0.2) is 0 Å². The highest BCUT2D eigenvalue weighted by Crippen LogP contribution is 2.26. The fraction of sp³-hybridized carbons (Fsp3) is 0.231. The number of anilines is 2. The summed E-state index contributed by atoms with van der Waals surface area (Å²) in [6.45, 7) is 5.36. The largest absolute Gasteiger partial charge is 0.494 e. The van der Waals surface area contributed by atoms with E-state index in [1.807, 2.05) is 6.92 Å². The van der Waals surface area contributed by atoms with Crippen LogP contribution >= 0.6 is 0 Å². The average Bonchev–Trinajstić information content (AvgIpc) is 2.85. The second kappa shape index (κ2) is 11.7. The highest BCUT2D eigenvalue weighted by molar-refractivity contribution is 7.92. The van der Waals surface area contributed by atoms with Crippen molar-refractivity contribution in [3.63, 3.8) is 0 Å². The quantitative estimate of drug-likeness (QED) is 0.399. The van der Waals surface area contributed by atoms with Crippen molar-refractivity contribution >= 4 is 33.3 Å². The van der Waals surface area contributed by atoms with Crippen molar-refractivity contribution in [2.24, 2.45) is 0 Å². The van der Waals surface area contributed by atoms with E-state index in [0.717, 1.165) is 28.6 Å². The predicted octanol–water partition coefficient (Wildman–Crippen LogP) is 4.54. The molecule has 3 aromatic carbocycles. The summed E-state index contributed by atoms with van der Waals surface area (Å²) in [7, 11) is -4.21. The molecule has 0 saturated carbocycles. The Hall–Kier alpha value is -3.92. The fourth-order valence-electron chi connectivity index (χ4n) is 3.39. The third-order valence-electron chi connectivity index (χ3n) is 5.14. The van der Waals surface area contributed by atoms with E-state index in [1.165, 1.54) is 18.2 Å². The van der Waals surface area contributed by atoms with Crippen molar-refractivity contribution < 1.29 is 31.9 Å². The van der Waals surface area contributed by atoms with Crippen LogP contribution in [0.4, 0.5) is 15.8 Å². The molecule has 0 fully saturated rings. The first kappa shape index (κ1) is 26.7. The van der Waals surface area contributed by atoms with Gasteiger partial charge in [-0.2, -0.15) is 0 Å². The zero-order chi connectivity index (χ0) is 26.3. The Kier molecular flexibility index (Phi) is 8.65. The number of aryl methyl sites for hydroxylation is 1. The van der Waals surface area contributed by atoms with E-state index in [2.05, 4.69) is 5.32 Å². The summed E-state index contributed by atoms with van der Waals surface area (Å²) in [5.41, 5.74) is 1.58. The smallest absolute Gasteiger partial charge is 0.338 e. The van der Waals surface area contributed by atoms with Crippen LogP contribution in [0, 0.1) is 12.7 Å². The van der Waals surface area contributed by atoms with E-state index in [4.69, 9.17) is 9.47 Å². The maximum atomic E-state index is 13.4. The molecule has 0 unspecified atom stereocenters. The molecule has 0 heterocycles. The number of esters is 1. The summed E-state index contributed by atoms with van der Waals surface area (Å²) in [5.74, 6) is -1.13. The molecule has 10 heteroatoms. The standard InChI is InChI=1S/C26H27FN2O6S/c1-4-34-22-11-9-21(10-12-22)29(36(32,33)23-13-7-20(27)8-14-23)17-25(30)28-24-15-6-19(16-18(24)3)26(31)35-5-2/h6-16H,4-5,17H2,1-3H3,(H,28,30). The van der Waals surface area contributed by atoms with Crippen molar-refractivity contribution in [3.8, 4) is 5.75 Å². The molecule has 0 aromatic heterocycles. The number of amides is 1. The van der Waals surface area contributed by atoms with Gasteiger partial charge in [0, 0.05) is 5.69 Å². The lowest BCUT2D eigenvalue weighted by Gasteiger charge is -2.24.